The smallest absolute Gasteiger partial charge is 0.136 e. The summed E-state index contributed by atoms with van der Waals surface area (Å²) >= 11 is 0. The van der Waals surface area contributed by atoms with E-state index in [2.05, 4.69) is 10.6 Å². The Morgan fingerprint density at radius 1 is 1.30 bits per heavy atom. The molecule has 2 N–H and O–H groups in total. The van der Waals surface area contributed by atoms with Crippen LogP contribution in [-0.4, -0.2) is 32.0 Å². The van der Waals surface area contributed by atoms with E-state index in [1.807, 2.05) is 0 Å². The van der Waals surface area contributed by atoms with Crippen molar-refractivity contribution in [2.45, 2.75) is 18.9 Å². The molecule has 0 aliphatic carbocycles. The van der Waals surface area contributed by atoms with Gasteiger partial charge >= 0.3 is 0 Å². The van der Waals surface area contributed by atoms with Crippen LogP contribution in [0.4, 0.5) is 0 Å². The standard InChI is InChI=1S/C7H14N2O/c10-6-7-2-5-8-3-1-4-9-7/h6-9H,1-5H2. The van der Waals surface area contributed by atoms with Crippen molar-refractivity contribution in [2.24, 2.45) is 0 Å². The summed E-state index contributed by atoms with van der Waals surface area (Å²) in [6.07, 6.45) is 3.03. The van der Waals surface area contributed by atoms with Crippen molar-refractivity contribution < 1.29 is 4.79 Å². The van der Waals surface area contributed by atoms with Crippen molar-refractivity contribution in [1.29, 1.82) is 0 Å². The largest absolute Gasteiger partial charge is 0.317 e. The second-order valence-corrected chi connectivity index (χ2v) is 2.59. The summed E-state index contributed by atoms with van der Waals surface area (Å²) in [5, 5.41) is 6.42. The van der Waals surface area contributed by atoms with Crippen LogP contribution in [0.5, 0.6) is 0 Å². The average molecular weight is 142 g/mol. The number of carbonyl (C=O) groups excluding carboxylic acids is 1. The monoisotopic (exact) mass is 142 g/mol. The van der Waals surface area contributed by atoms with Crippen LogP contribution in [0.1, 0.15) is 12.8 Å². The minimum atomic E-state index is 0.0767. The third kappa shape index (κ3) is 2.45. The van der Waals surface area contributed by atoms with Crippen LogP contribution in [0.3, 0.4) is 0 Å². The topological polar surface area (TPSA) is 41.1 Å². The molecular formula is C7H14N2O. The van der Waals surface area contributed by atoms with Gasteiger partial charge in [0, 0.05) is 0 Å². The summed E-state index contributed by atoms with van der Waals surface area (Å²) in [5.74, 6) is 0. The van der Waals surface area contributed by atoms with Crippen LogP contribution in [0.2, 0.25) is 0 Å². The first-order valence-corrected chi connectivity index (χ1v) is 3.83. The van der Waals surface area contributed by atoms with Crippen LogP contribution in [0, 0.1) is 0 Å². The van der Waals surface area contributed by atoms with Crippen molar-refractivity contribution in [3.8, 4) is 0 Å². The van der Waals surface area contributed by atoms with E-state index in [1.165, 1.54) is 0 Å². The number of carbonyl (C=O) groups is 1. The SMILES string of the molecule is O=CC1CCNCCCN1. The van der Waals surface area contributed by atoms with Gasteiger partial charge in [-0.15, -0.1) is 0 Å². The molecule has 1 saturated heterocycles. The Balaban J connectivity index is 2.22. The minimum absolute atomic E-state index is 0.0767. The van der Waals surface area contributed by atoms with E-state index >= 15 is 0 Å². The fourth-order valence-corrected chi connectivity index (χ4v) is 1.10. The predicted molar refractivity (Wildman–Crippen MR) is 40.0 cm³/mol. The maximum absolute atomic E-state index is 10.3. The number of hydrogen-bond donors (Lipinski definition) is 2. The maximum Gasteiger partial charge on any atom is 0.136 e. The lowest BCUT2D eigenvalue weighted by Crippen LogP contribution is -2.38. The molecule has 1 atom stereocenters. The predicted octanol–water partition coefficient (Wildman–Crippen LogP) is -0.473. The fourth-order valence-electron chi connectivity index (χ4n) is 1.10. The third-order valence-electron chi connectivity index (χ3n) is 1.73. The van der Waals surface area contributed by atoms with Crippen molar-refractivity contribution in [3.63, 3.8) is 0 Å². The van der Waals surface area contributed by atoms with Crippen LogP contribution in [0.15, 0.2) is 0 Å². The molecule has 0 radical (unpaired) electrons. The van der Waals surface area contributed by atoms with E-state index in [4.69, 9.17) is 0 Å². The lowest BCUT2D eigenvalue weighted by Gasteiger charge is -2.16. The molecule has 0 spiro atoms. The summed E-state index contributed by atoms with van der Waals surface area (Å²) < 4.78 is 0. The molecule has 1 fully saturated rings. The van der Waals surface area contributed by atoms with Gasteiger partial charge in [0.15, 0.2) is 0 Å². The first-order valence-electron chi connectivity index (χ1n) is 3.83. The lowest BCUT2D eigenvalue weighted by molar-refractivity contribution is -0.109. The molecule has 58 valence electrons. The van der Waals surface area contributed by atoms with Gasteiger partial charge in [0.05, 0.1) is 6.04 Å². The molecule has 3 heteroatoms. The highest BCUT2D eigenvalue weighted by Crippen LogP contribution is 1.90. The van der Waals surface area contributed by atoms with E-state index in [0.717, 1.165) is 38.8 Å². The Morgan fingerprint density at radius 2 is 2.20 bits per heavy atom. The Labute approximate surface area is 61.2 Å². The Hall–Kier alpha value is -0.410. The van der Waals surface area contributed by atoms with Crippen molar-refractivity contribution in [1.82, 2.24) is 10.6 Å². The van der Waals surface area contributed by atoms with E-state index in [-0.39, 0.29) is 6.04 Å². The average Bonchev–Trinajstić information content (AvgIpc) is 1.87. The molecule has 1 unspecified atom stereocenters. The normalized spacial score (nSPS) is 28.6. The molecule has 0 amide bonds. The Morgan fingerprint density at radius 3 is 3.00 bits per heavy atom. The molecule has 0 aromatic heterocycles. The summed E-state index contributed by atoms with van der Waals surface area (Å²) in [6, 6.07) is 0.0767. The van der Waals surface area contributed by atoms with Crippen LogP contribution in [-0.2, 0) is 4.79 Å². The van der Waals surface area contributed by atoms with E-state index in [9.17, 15) is 4.79 Å². The summed E-state index contributed by atoms with van der Waals surface area (Å²) in [4.78, 5) is 10.3. The molecular weight excluding hydrogens is 128 g/mol. The molecule has 3 nitrogen and oxygen atoms in total. The Kier molecular flexibility index (Phi) is 3.40. The molecule has 1 aliphatic heterocycles. The number of hydrogen-bond acceptors (Lipinski definition) is 3. The van der Waals surface area contributed by atoms with Crippen molar-refractivity contribution >= 4 is 6.29 Å². The highest BCUT2D eigenvalue weighted by molar-refractivity contribution is 5.57. The fraction of sp³-hybridized carbons (Fsp3) is 0.857. The minimum Gasteiger partial charge on any atom is -0.317 e. The highest BCUT2D eigenvalue weighted by atomic mass is 16.1. The molecule has 0 bridgehead atoms. The molecule has 0 saturated carbocycles. The van der Waals surface area contributed by atoms with Gasteiger partial charge in [-0.1, -0.05) is 0 Å². The zero-order valence-electron chi connectivity index (χ0n) is 6.10. The maximum atomic E-state index is 10.3. The molecule has 1 aliphatic rings. The van der Waals surface area contributed by atoms with E-state index in [0.29, 0.717) is 0 Å². The molecule has 0 aromatic carbocycles. The molecule has 10 heavy (non-hydrogen) atoms. The van der Waals surface area contributed by atoms with Crippen molar-refractivity contribution in [3.05, 3.63) is 0 Å². The first-order chi connectivity index (χ1) is 4.93. The number of aldehydes is 1. The summed E-state index contributed by atoms with van der Waals surface area (Å²) in [7, 11) is 0. The van der Waals surface area contributed by atoms with Crippen molar-refractivity contribution in [2.75, 3.05) is 19.6 Å². The second-order valence-electron chi connectivity index (χ2n) is 2.59. The molecule has 1 rings (SSSR count). The highest BCUT2D eigenvalue weighted by Gasteiger charge is 2.06. The van der Waals surface area contributed by atoms with E-state index < -0.39 is 0 Å². The van der Waals surface area contributed by atoms with Gasteiger partial charge in [0.2, 0.25) is 0 Å². The van der Waals surface area contributed by atoms with Gasteiger partial charge in [-0.05, 0) is 32.5 Å². The zero-order chi connectivity index (χ0) is 7.23. The lowest BCUT2D eigenvalue weighted by atomic mass is 10.2. The van der Waals surface area contributed by atoms with Gasteiger partial charge in [-0.25, -0.2) is 0 Å². The first kappa shape index (κ1) is 7.69. The quantitative estimate of drug-likeness (QED) is 0.486. The van der Waals surface area contributed by atoms with Gasteiger partial charge in [-0.3, -0.25) is 0 Å². The summed E-state index contributed by atoms with van der Waals surface area (Å²) in [5.41, 5.74) is 0. The number of nitrogens with one attached hydrogen (secondary N) is 2. The molecule has 1 heterocycles. The third-order valence-corrected chi connectivity index (χ3v) is 1.73. The van der Waals surface area contributed by atoms with Gasteiger partial charge in [0.25, 0.3) is 0 Å². The van der Waals surface area contributed by atoms with E-state index in [1.54, 1.807) is 0 Å². The van der Waals surface area contributed by atoms with Gasteiger partial charge < -0.3 is 15.4 Å². The van der Waals surface area contributed by atoms with Crippen LogP contribution in [0.25, 0.3) is 0 Å². The number of rotatable bonds is 1. The molecule has 0 aromatic rings. The van der Waals surface area contributed by atoms with Gasteiger partial charge in [-0.2, -0.15) is 0 Å². The Bertz CT molecular complexity index is 97.8. The second kappa shape index (κ2) is 4.41. The zero-order valence-corrected chi connectivity index (χ0v) is 6.10. The van der Waals surface area contributed by atoms with Crippen LogP contribution < -0.4 is 10.6 Å². The van der Waals surface area contributed by atoms with Crippen LogP contribution >= 0.6 is 0 Å². The van der Waals surface area contributed by atoms with Gasteiger partial charge in [0.1, 0.15) is 6.29 Å². The summed E-state index contributed by atoms with van der Waals surface area (Å²) in [6.45, 7) is 2.98.